The molecule has 1 aliphatic rings. The molecule has 2 atom stereocenters. The van der Waals surface area contributed by atoms with Crippen molar-refractivity contribution in [2.45, 2.75) is 39.2 Å². The second-order valence-corrected chi connectivity index (χ2v) is 8.27. The summed E-state index contributed by atoms with van der Waals surface area (Å²) in [7, 11) is 1.59. The first-order valence-electron chi connectivity index (χ1n) is 11.7. The summed E-state index contributed by atoms with van der Waals surface area (Å²) in [5, 5.41) is 3.07. The highest BCUT2D eigenvalue weighted by atomic mass is 19.1. The first-order valence-corrected chi connectivity index (χ1v) is 11.7. The van der Waals surface area contributed by atoms with Crippen molar-refractivity contribution in [3.63, 3.8) is 0 Å². The molecule has 0 saturated carbocycles. The number of anilines is 1. The Morgan fingerprint density at radius 2 is 1.79 bits per heavy atom. The minimum absolute atomic E-state index is 0.0555. The Labute approximate surface area is 195 Å². The third-order valence-electron chi connectivity index (χ3n) is 6.34. The molecular weight excluding hydrogens is 421 g/mol. The molecule has 7 heteroatoms. The average Bonchev–Trinajstić information content (AvgIpc) is 2.84. The quantitative estimate of drug-likeness (QED) is 0.547. The van der Waals surface area contributed by atoms with Gasteiger partial charge in [-0.2, -0.15) is 0 Å². The Morgan fingerprint density at radius 1 is 1.12 bits per heavy atom. The summed E-state index contributed by atoms with van der Waals surface area (Å²) in [6, 6.07) is 12.8. The van der Waals surface area contributed by atoms with Gasteiger partial charge in [0.25, 0.3) is 0 Å². The topological polar surface area (TPSA) is 61.9 Å². The minimum Gasteiger partial charge on any atom is -0.497 e. The number of hydrogen-bond acceptors (Lipinski definition) is 4. The number of ether oxygens (including phenoxy) is 1. The molecule has 0 bridgehead atoms. The molecule has 0 unspecified atom stereocenters. The van der Waals surface area contributed by atoms with Gasteiger partial charge in [-0.15, -0.1) is 0 Å². The van der Waals surface area contributed by atoms with Gasteiger partial charge in [-0.3, -0.25) is 9.59 Å². The predicted molar refractivity (Wildman–Crippen MR) is 128 cm³/mol. The predicted octanol–water partition coefficient (Wildman–Crippen LogP) is 4.17. The number of rotatable bonds is 10. The Morgan fingerprint density at radius 3 is 2.39 bits per heavy atom. The first-order chi connectivity index (χ1) is 16.0. The highest BCUT2D eigenvalue weighted by Gasteiger charge is 2.41. The van der Waals surface area contributed by atoms with Gasteiger partial charge in [0.2, 0.25) is 11.8 Å². The lowest BCUT2D eigenvalue weighted by atomic mass is 9.83. The van der Waals surface area contributed by atoms with E-state index in [1.54, 1.807) is 36.3 Å². The Balaban J connectivity index is 1.84. The third-order valence-corrected chi connectivity index (χ3v) is 6.34. The summed E-state index contributed by atoms with van der Waals surface area (Å²) >= 11 is 0. The SMILES string of the molecule is CCN(CC)CCCNC(=O)[C@H]1CCC(=O)N(c2ccc(OC)cc2)[C@@H]1c1ccc(F)cc1. The van der Waals surface area contributed by atoms with E-state index in [4.69, 9.17) is 4.74 Å². The van der Waals surface area contributed by atoms with E-state index in [0.717, 1.165) is 31.6 Å². The lowest BCUT2D eigenvalue weighted by molar-refractivity contribution is -0.129. The molecular formula is C26H34FN3O3. The van der Waals surface area contributed by atoms with Gasteiger partial charge < -0.3 is 19.9 Å². The van der Waals surface area contributed by atoms with Crippen LogP contribution in [0.5, 0.6) is 5.75 Å². The van der Waals surface area contributed by atoms with Gasteiger partial charge in [0, 0.05) is 18.7 Å². The van der Waals surface area contributed by atoms with Gasteiger partial charge in [-0.25, -0.2) is 4.39 Å². The number of hydrogen-bond donors (Lipinski definition) is 1. The number of methoxy groups -OCH3 is 1. The molecule has 1 heterocycles. The van der Waals surface area contributed by atoms with Gasteiger partial charge in [0.1, 0.15) is 11.6 Å². The number of nitrogens with zero attached hydrogens (tertiary/aromatic N) is 2. The van der Waals surface area contributed by atoms with Crippen LogP contribution in [0.1, 0.15) is 44.7 Å². The fourth-order valence-corrected chi connectivity index (χ4v) is 4.44. The van der Waals surface area contributed by atoms with Gasteiger partial charge in [0.05, 0.1) is 19.1 Å². The molecule has 1 fully saturated rings. The molecule has 0 aromatic heterocycles. The third kappa shape index (κ3) is 6.11. The Kier molecular flexibility index (Phi) is 8.83. The summed E-state index contributed by atoms with van der Waals surface area (Å²) in [4.78, 5) is 30.3. The number of benzene rings is 2. The molecule has 33 heavy (non-hydrogen) atoms. The number of carbonyl (C=O) groups is 2. The molecule has 178 valence electrons. The molecule has 2 aromatic rings. The van der Waals surface area contributed by atoms with E-state index in [9.17, 15) is 14.0 Å². The lowest BCUT2D eigenvalue weighted by Gasteiger charge is -2.41. The van der Waals surface area contributed by atoms with Crippen molar-refractivity contribution in [1.29, 1.82) is 0 Å². The van der Waals surface area contributed by atoms with E-state index in [-0.39, 0.29) is 24.1 Å². The summed E-state index contributed by atoms with van der Waals surface area (Å²) in [6.07, 6.45) is 1.60. The van der Waals surface area contributed by atoms with Crippen molar-refractivity contribution in [3.05, 3.63) is 59.9 Å². The van der Waals surface area contributed by atoms with E-state index in [1.807, 2.05) is 12.1 Å². The zero-order valence-corrected chi connectivity index (χ0v) is 19.7. The number of amides is 2. The summed E-state index contributed by atoms with van der Waals surface area (Å²) < 4.78 is 18.9. The molecule has 0 spiro atoms. The van der Waals surface area contributed by atoms with Crippen molar-refractivity contribution < 1.29 is 18.7 Å². The first kappa shape index (κ1) is 24.7. The maximum absolute atomic E-state index is 13.6. The maximum Gasteiger partial charge on any atom is 0.227 e. The molecule has 1 saturated heterocycles. The van der Waals surface area contributed by atoms with Crippen LogP contribution in [-0.2, 0) is 9.59 Å². The van der Waals surface area contributed by atoms with E-state index < -0.39 is 12.0 Å². The highest BCUT2D eigenvalue weighted by molar-refractivity contribution is 5.97. The van der Waals surface area contributed by atoms with Crippen LogP contribution in [-0.4, -0.2) is 50.0 Å². The second kappa shape index (κ2) is 11.8. The van der Waals surface area contributed by atoms with Crippen LogP contribution in [0.25, 0.3) is 0 Å². The molecule has 6 nitrogen and oxygen atoms in total. The molecule has 0 aliphatic carbocycles. The highest BCUT2D eigenvalue weighted by Crippen LogP contribution is 2.40. The largest absolute Gasteiger partial charge is 0.497 e. The molecule has 0 radical (unpaired) electrons. The van der Waals surface area contributed by atoms with Gasteiger partial charge in [-0.1, -0.05) is 26.0 Å². The van der Waals surface area contributed by atoms with E-state index >= 15 is 0 Å². The maximum atomic E-state index is 13.6. The average molecular weight is 456 g/mol. The van der Waals surface area contributed by atoms with Gasteiger partial charge in [-0.05, 0) is 74.4 Å². The Bertz CT molecular complexity index is 913. The molecule has 1 aliphatic heterocycles. The van der Waals surface area contributed by atoms with Crippen molar-refractivity contribution in [3.8, 4) is 5.75 Å². The van der Waals surface area contributed by atoms with E-state index in [0.29, 0.717) is 24.4 Å². The normalized spacial score (nSPS) is 18.5. The fourth-order valence-electron chi connectivity index (χ4n) is 4.44. The van der Waals surface area contributed by atoms with Crippen molar-refractivity contribution in [2.24, 2.45) is 5.92 Å². The molecule has 2 amide bonds. The van der Waals surface area contributed by atoms with Crippen LogP contribution >= 0.6 is 0 Å². The van der Waals surface area contributed by atoms with Crippen molar-refractivity contribution in [2.75, 3.05) is 38.2 Å². The number of nitrogens with one attached hydrogen (secondary N) is 1. The second-order valence-electron chi connectivity index (χ2n) is 8.27. The van der Waals surface area contributed by atoms with Crippen LogP contribution in [0.3, 0.4) is 0 Å². The van der Waals surface area contributed by atoms with Crippen LogP contribution in [0.15, 0.2) is 48.5 Å². The van der Waals surface area contributed by atoms with Crippen LogP contribution < -0.4 is 15.0 Å². The molecule has 2 aromatic carbocycles. The van der Waals surface area contributed by atoms with Gasteiger partial charge >= 0.3 is 0 Å². The zero-order chi connectivity index (χ0) is 23.8. The summed E-state index contributed by atoms with van der Waals surface area (Å²) in [6.45, 7) is 7.73. The standard InChI is InChI=1S/C26H34FN3O3/c1-4-29(5-2)18-6-17-28-26(32)23-15-16-24(31)30(21-11-13-22(33-3)14-12-21)25(23)19-7-9-20(27)10-8-19/h7-14,23,25H,4-6,15-18H2,1-3H3,(H,28,32)/t23-,25+/m0/s1. The molecule has 3 rings (SSSR count). The van der Waals surface area contributed by atoms with Crippen molar-refractivity contribution in [1.82, 2.24) is 10.2 Å². The van der Waals surface area contributed by atoms with Crippen molar-refractivity contribution >= 4 is 17.5 Å². The monoisotopic (exact) mass is 455 g/mol. The lowest BCUT2D eigenvalue weighted by Crippen LogP contribution is -2.48. The summed E-state index contributed by atoms with van der Waals surface area (Å²) in [5.74, 6) is -0.225. The van der Waals surface area contributed by atoms with E-state index in [1.165, 1.54) is 12.1 Å². The van der Waals surface area contributed by atoms with E-state index in [2.05, 4.69) is 24.1 Å². The Hall–Kier alpha value is -2.93. The summed E-state index contributed by atoms with van der Waals surface area (Å²) in [5.41, 5.74) is 1.43. The zero-order valence-electron chi connectivity index (χ0n) is 19.7. The smallest absolute Gasteiger partial charge is 0.227 e. The van der Waals surface area contributed by atoms with Crippen LogP contribution in [0, 0.1) is 11.7 Å². The number of carbonyl (C=O) groups excluding carboxylic acids is 2. The fraction of sp³-hybridized carbons (Fsp3) is 0.462. The number of piperidine rings is 1. The van der Waals surface area contributed by atoms with Crippen LogP contribution in [0.2, 0.25) is 0 Å². The molecule has 1 N–H and O–H groups in total. The van der Waals surface area contributed by atoms with Gasteiger partial charge in [0.15, 0.2) is 0 Å². The minimum atomic E-state index is -0.511. The number of halogens is 1. The van der Waals surface area contributed by atoms with Crippen LogP contribution in [0.4, 0.5) is 10.1 Å².